The standard InChI is InChI=1S/C19H29N3O/c1-4-14-13-22-10-9-16(14)11-18(22)12-20-19(23)15-5-7-17(8-6-15)21(2)3/h5-8,14,16,18H,4,9-13H2,1-3H3,(H,20,23). The normalized spacial score (nSPS) is 29.3. The SMILES string of the molecule is CCC1CN2CCC1CC2CNC(=O)c1ccc(N(C)C)cc1. The highest BCUT2D eigenvalue weighted by Crippen LogP contribution is 2.37. The van der Waals surface area contributed by atoms with Crippen LogP contribution < -0.4 is 10.2 Å². The Labute approximate surface area is 139 Å². The summed E-state index contributed by atoms with van der Waals surface area (Å²) < 4.78 is 0. The summed E-state index contributed by atoms with van der Waals surface area (Å²) in [4.78, 5) is 17.0. The van der Waals surface area contributed by atoms with E-state index in [0.717, 1.165) is 29.6 Å². The Kier molecular flexibility index (Phi) is 4.90. The zero-order valence-corrected chi connectivity index (χ0v) is 14.6. The molecular weight excluding hydrogens is 286 g/mol. The largest absolute Gasteiger partial charge is 0.378 e. The number of amides is 1. The minimum Gasteiger partial charge on any atom is -0.378 e. The highest BCUT2D eigenvalue weighted by atomic mass is 16.1. The molecule has 4 rings (SSSR count). The van der Waals surface area contributed by atoms with Crippen LogP contribution in [0.3, 0.4) is 0 Å². The summed E-state index contributed by atoms with van der Waals surface area (Å²) in [6.45, 7) is 5.51. The molecule has 1 N–H and O–H groups in total. The molecule has 0 aliphatic carbocycles. The zero-order chi connectivity index (χ0) is 16.4. The fourth-order valence-electron chi connectivity index (χ4n) is 4.15. The Morgan fingerprint density at radius 3 is 2.61 bits per heavy atom. The van der Waals surface area contributed by atoms with Gasteiger partial charge in [-0.05, 0) is 55.5 Å². The average molecular weight is 315 g/mol. The lowest BCUT2D eigenvalue weighted by Gasteiger charge is -2.50. The first-order chi connectivity index (χ1) is 11.1. The van der Waals surface area contributed by atoms with Crippen LogP contribution in [-0.4, -0.2) is 50.6 Å². The van der Waals surface area contributed by atoms with Crippen molar-refractivity contribution >= 4 is 11.6 Å². The van der Waals surface area contributed by atoms with Gasteiger partial charge in [-0.2, -0.15) is 0 Å². The molecule has 1 aromatic rings. The second-order valence-electron chi connectivity index (χ2n) is 7.25. The summed E-state index contributed by atoms with van der Waals surface area (Å²) in [5, 5.41) is 3.14. The van der Waals surface area contributed by atoms with E-state index < -0.39 is 0 Å². The van der Waals surface area contributed by atoms with Gasteiger partial charge in [-0.15, -0.1) is 0 Å². The van der Waals surface area contributed by atoms with Crippen LogP contribution in [0.2, 0.25) is 0 Å². The van der Waals surface area contributed by atoms with Crippen LogP contribution in [0, 0.1) is 11.8 Å². The molecule has 4 nitrogen and oxygen atoms in total. The topological polar surface area (TPSA) is 35.6 Å². The maximum Gasteiger partial charge on any atom is 0.251 e. The van der Waals surface area contributed by atoms with Crippen molar-refractivity contribution in [1.82, 2.24) is 10.2 Å². The van der Waals surface area contributed by atoms with Gasteiger partial charge in [-0.3, -0.25) is 9.69 Å². The van der Waals surface area contributed by atoms with Crippen LogP contribution in [0.15, 0.2) is 24.3 Å². The zero-order valence-electron chi connectivity index (χ0n) is 14.6. The number of rotatable bonds is 5. The lowest BCUT2D eigenvalue weighted by molar-refractivity contribution is 0.000726. The molecule has 0 saturated carbocycles. The molecule has 1 aromatic carbocycles. The van der Waals surface area contributed by atoms with Gasteiger partial charge in [0.2, 0.25) is 0 Å². The third kappa shape index (κ3) is 3.52. The van der Waals surface area contributed by atoms with Crippen molar-refractivity contribution in [2.45, 2.75) is 32.2 Å². The number of hydrogen-bond acceptors (Lipinski definition) is 3. The Bertz CT molecular complexity index is 540. The molecule has 3 aliphatic rings. The summed E-state index contributed by atoms with van der Waals surface area (Å²) in [7, 11) is 4.01. The molecule has 3 saturated heterocycles. The Morgan fingerprint density at radius 2 is 2.04 bits per heavy atom. The number of piperidine rings is 3. The molecule has 0 aromatic heterocycles. The van der Waals surface area contributed by atoms with Crippen LogP contribution in [0.5, 0.6) is 0 Å². The Morgan fingerprint density at radius 1 is 1.30 bits per heavy atom. The van der Waals surface area contributed by atoms with Crippen molar-refractivity contribution in [3.8, 4) is 0 Å². The Balaban J connectivity index is 1.53. The lowest BCUT2D eigenvalue weighted by atomic mass is 9.74. The van der Waals surface area contributed by atoms with E-state index in [1.807, 2.05) is 43.3 Å². The van der Waals surface area contributed by atoms with Crippen LogP contribution in [0.25, 0.3) is 0 Å². The monoisotopic (exact) mass is 315 g/mol. The average Bonchev–Trinajstić information content (AvgIpc) is 2.60. The smallest absolute Gasteiger partial charge is 0.251 e. The number of nitrogens with zero attached hydrogens (tertiary/aromatic N) is 2. The molecule has 126 valence electrons. The molecule has 4 atom stereocenters. The van der Waals surface area contributed by atoms with E-state index in [1.54, 1.807) is 0 Å². The van der Waals surface area contributed by atoms with Gasteiger partial charge in [0.1, 0.15) is 0 Å². The van der Waals surface area contributed by atoms with E-state index in [9.17, 15) is 4.79 Å². The lowest BCUT2D eigenvalue weighted by Crippen LogP contribution is -2.56. The molecular formula is C19H29N3O. The van der Waals surface area contributed by atoms with Crippen molar-refractivity contribution in [2.24, 2.45) is 11.8 Å². The third-order valence-corrected chi connectivity index (χ3v) is 5.68. The second-order valence-corrected chi connectivity index (χ2v) is 7.25. The van der Waals surface area contributed by atoms with E-state index in [2.05, 4.69) is 17.1 Å². The molecule has 1 amide bonds. The van der Waals surface area contributed by atoms with E-state index in [4.69, 9.17) is 0 Å². The highest BCUT2D eigenvalue weighted by molar-refractivity contribution is 5.94. The number of anilines is 1. The van der Waals surface area contributed by atoms with Crippen molar-refractivity contribution in [3.05, 3.63) is 29.8 Å². The minimum absolute atomic E-state index is 0.0463. The summed E-state index contributed by atoms with van der Waals surface area (Å²) in [5.41, 5.74) is 1.86. The summed E-state index contributed by atoms with van der Waals surface area (Å²) in [5.74, 6) is 1.78. The molecule has 0 radical (unpaired) electrons. The fraction of sp³-hybridized carbons (Fsp3) is 0.632. The molecule has 0 spiro atoms. The molecule has 2 bridgehead atoms. The van der Waals surface area contributed by atoms with Gasteiger partial charge in [0.05, 0.1) is 0 Å². The van der Waals surface area contributed by atoms with Gasteiger partial charge in [0.15, 0.2) is 0 Å². The van der Waals surface area contributed by atoms with Gasteiger partial charge in [-0.25, -0.2) is 0 Å². The highest BCUT2D eigenvalue weighted by Gasteiger charge is 2.38. The second kappa shape index (κ2) is 6.91. The predicted molar refractivity (Wildman–Crippen MR) is 95.0 cm³/mol. The molecule has 3 heterocycles. The third-order valence-electron chi connectivity index (χ3n) is 5.68. The molecule has 3 aliphatic heterocycles. The van der Waals surface area contributed by atoms with E-state index >= 15 is 0 Å². The first kappa shape index (κ1) is 16.3. The quantitative estimate of drug-likeness (QED) is 0.907. The van der Waals surface area contributed by atoms with Gasteiger partial charge in [-0.1, -0.05) is 13.3 Å². The Hall–Kier alpha value is -1.55. The molecule has 4 unspecified atom stereocenters. The number of hydrogen-bond donors (Lipinski definition) is 1. The fourth-order valence-corrected chi connectivity index (χ4v) is 4.15. The van der Waals surface area contributed by atoms with E-state index in [1.165, 1.54) is 32.4 Å². The van der Waals surface area contributed by atoms with Crippen molar-refractivity contribution in [2.75, 3.05) is 38.6 Å². The number of fused-ring (bicyclic) bond motifs is 3. The summed E-state index contributed by atoms with van der Waals surface area (Å²) >= 11 is 0. The van der Waals surface area contributed by atoms with Crippen molar-refractivity contribution in [1.29, 1.82) is 0 Å². The molecule has 23 heavy (non-hydrogen) atoms. The van der Waals surface area contributed by atoms with Crippen LogP contribution in [0.4, 0.5) is 5.69 Å². The van der Waals surface area contributed by atoms with Crippen LogP contribution in [-0.2, 0) is 0 Å². The summed E-state index contributed by atoms with van der Waals surface area (Å²) in [6.07, 6.45) is 3.88. The number of carbonyl (C=O) groups excluding carboxylic acids is 1. The maximum absolute atomic E-state index is 12.4. The van der Waals surface area contributed by atoms with Gasteiger partial charge < -0.3 is 10.2 Å². The molecule has 4 heteroatoms. The van der Waals surface area contributed by atoms with Gasteiger partial charge >= 0.3 is 0 Å². The molecule has 3 fully saturated rings. The van der Waals surface area contributed by atoms with Gasteiger partial charge in [0, 0.05) is 44.5 Å². The van der Waals surface area contributed by atoms with Crippen LogP contribution >= 0.6 is 0 Å². The van der Waals surface area contributed by atoms with Crippen LogP contribution in [0.1, 0.15) is 36.5 Å². The maximum atomic E-state index is 12.4. The van der Waals surface area contributed by atoms with Crippen molar-refractivity contribution < 1.29 is 4.79 Å². The predicted octanol–water partition coefficient (Wildman–Crippen LogP) is 2.60. The minimum atomic E-state index is 0.0463. The summed E-state index contributed by atoms with van der Waals surface area (Å²) in [6, 6.07) is 8.33. The first-order valence-electron chi connectivity index (χ1n) is 8.88. The number of benzene rings is 1. The first-order valence-corrected chi connectivity index (χ1v) is 8.88. The van der Waals surface area contributed by atoms with E-state index in [-0.39, 0.29) is 5.91 Å². The number of nitrogens with one attached hydrogen (secondary N) is 1. The van der Waals surface area contributed by atoms with Crippen molar-refractivity contribution in [3.63, 3.8) is 0 Å². The van der Waals surface area contributed by atoms with E-state index in [0.29, 0.717) is 6.04 Å². The number of carbonyl (C=O) groups is 1. The van der Waals surface area contributed by atoms with Gasteiger partial charge in [0.25, 0.3) is 5.91 Å².